The molecule has 0 aliphatic heterocycles. The van der Waals surface area contributed by atoms with Crippen LogP contribution in [0.2, 0.25) is 0 Å². The van der Waals surface area contributed by atoms with Crippen LogP contribution in [0.3, 0.4) is 0 Å². The van der Waals surface area contributed by atoms with E-state index in [9.17, 15) is 4.79 Å². The van der Waals surface area contributed by atoms with Crippen LogP contribution in [0.15, 0.2) is 24.3 Å². The summed E-state index contributed by atoms with van der Waals surface area (Å²) < 4.78 is 0. The normalized spacial score (nSPS) is 11.6. The topological polar surface area (TPSA) is 17.1 Å². The maximum atomic E-state index is 12.0. The molecule has 1 heteroatoms. The van der Waals surface area contributed by atoms with E-state index in [4.69, 9.17) is 0 Å². The van der Waals surface area contributed by atoms with Gasteiger partial charge in [0, 0.05) is 12.0 Å². The van der Waals surface area contributed by atoms with Gasteiger partial charge in [-0.25, -0.2) is 0 Å². The van der Waals surface area contributed by atoms with Crippen LogP contribution in [0.4, 0.5) is 0 Å². The molecule has 0 radical (unpaired) electrons. The van der Waals surface area contributed by atoms with Crippen LogP contribution in [0.5, 0.6) is 0 Å². The van der Waals surface area contributed by atoms with Crippen molar-refractivity contribution in [2.45, 2.75) is 71.6 Å². The predicted octanol–water partition coefficient (Wildman–Crippen LogP) is 5.53. The lowest BCUT2D eigenvalue weighted by molar-refractivity contribution is 0.0979. The van der Waals surface area contributed by atoms with Gasteiger partial charge in [0.25, 0.3) is 0 Å². The Morgan fingerprint density at radius 1 is 1.00 bits per heavy atom. The van der Waals surface area contributed by atoms with Gasteiger partial charge in [0.1, 0.15) is 0 Å². The van der Waals surface area contributed by atoms with E-state index in [1.807, 2.05) is 12.1 Å². The smallest absolute Gasteiger partial charge is 0.162 e. The van der Waals surface area contributed by atoms with Crippen LogP contribution in [0, 0.1) is 0 Å². The number of benzene rings is 1. The van der Waals surface area contributed by atoms with Gasteiger partial charge in [-0.1, -0.05) is 71.2 Å². The fourth-order valence-corrected chi connectivity index (χ4v) is 2.17. The van der Waals surface area contributed by atoms with Crippen molar-refractivity contribution in [1.82, 2.24) is 0 Å². The highest BCUT2D eigenvalue weighted by molar-refractivity contribution is 5.96. The average Bonchev–Trinajstić information content (AvgIpc) is 2.43. The van der Waals surface area contributed by atoms with Crippen molar-refractivity contribution >= 4 is 5.78 Å². The number of unbranched alkanes of at least 4 members (excludes halogenated alkanes) is 3. The number of rotatable bonds is 8. The van der Waals surface area contributed by atoms with E-state index >= 15 is 0 Å². The maximum Gasteiger partial charge on any atom is 0.162 e. The highest BCUT2D eigenvalue weighted by Crippen LogP contribution is 2.26. The SMILES string of the molecule is CCCCCCC(=O)c1ccc(C(C)(C)CC)cc1. The second-order valence-electron chi connectivity index (χ2n) is 6.05. The molecule has 0 atom stereocenters. The van der Waals surface area contributed by atoms with Crippen molar-refractivity contribution in [1.29, 1.82) is 0 Å². The van der Waals surface area contributed by atoms with Crippen LogP contribution in [-0.2, 0) is 5.41 Å². The molecule has 0 N–H and O–H groups in total. The number of hydrogen-bond donors (Lipinski definition) is 0. The van der Waals surface area contributed by atoms with E-state index in [0.717, 1.165) is 18.4 Å². The summed E-state index contributed by atoms with van der Waals surface area (Å²) in [4.78, 5) is 12.0. The molecule has 1 aromatic rings. The van der Waals surface area contributed by atoms with Gasteiger partial charge in [-0.3, -0.25) is 4.79 Å². The van der Waals surface area contributed by atoms with Gasteiger partial charge < -0.3 is 0 Å². The molecule has 1 aromatic carbocycles. The number of carbonyl (C=O) groups excluding carboxylic acids is 1. The molecule has 19 heavy (non-hydrogen) atoms. The Morgan fingerprint density at radius 2 is 1.63 bits per heavy atom. The summed E-state index contributed by atoms with van der Waals surface area (Å²) in [6, 6.07) is 8.22. The summed E-state index contributed by atoms with van der Waals surface area (Å²) in [5, 5.41) is 0. The first-order valence-corrected chi connectivity index (χ1v) is 7.65. The summed E-state index contributed by atoms with van der Waals surface area (Å²) in [6.45, 7) is 8.88. The lowest BCUT2D eigenvalue weighted by Crippen LogP contribution is -2.15. The van der Waals surface area contributed by atoms with E-state index in [-0.39, 0.29) is 11.2 Å². The lowest BCUT2D eigenvalue weighted by atomic mass is 9.82. The van der Waals surface area contributed by atoms with Crippen molar-refractivity contribution in [2.24, 2.45) is 0 Å². The predicted molar refractivity (Wildman–Crippen MR) is 82.8 cm³/mol. The lowest BCUT2D eigenvalue weighted by Gasteiger charge is -2.23. The van der Waals surface area contributed by atoms with E-state index in [0.29, 0.717) is 6.42 Å². The minimum atomic E-state index is 0.197. The summed E-state index contributed by atoms with van der Waals surface area (Å²) >= 11 is 0. The number of Topliss-reactive ketones (excluding diaryl/α,β-unsaturated/α-hetero) is 1. The zero-order chi connectivity index (χ0) is 14.3. The molecular formula is C18H28O. The Balaban J connectivity index is 2.58. The Hall–Kier alpha value is -1.11. The molecule has 0 spiro atoms. The highest BCUT2D eigenvalue weighted by atomic mass is 16.1. The molecule has 0 saturated carbocycles. The van der Waals surface area contributed by atoms with E-state index in [1.165, 1.54) is 24.8 Å². The van der Waals surface area contributed by atoms with Crippen LogP contribution >= 0.6 is 0 Å². The average molecular weight is 260 g/mol. The minimum Gasteiger partial charge on any atom is -0.294 e. The molecule has 0 heterocycles. The molecule has 0 aromatic heterocycles. The molecule has 0 bridgehead atoms. The summed E-state index contributed by atoms with van der Waals surface area (Å²) in [5.41, 5.74) is 2.38. The Bertz CT molecular complexity index is 387. The Morgan fingerprint density at radius 3 is 2.16 bits per heavy atom. The van der Waals surface area contributed by atoms with Crippen LogP contribution in [0.25, 0.3) is 0 Å². The molecular weight excluding hydrogens is 232 g/mol. The monoisotopic (exact) mass is 260 g/mol. The van der Waals surface area contributed by atoms with Gasteiger partial charge >= 0.3 is 0 Å². The first-order chi connectivity index (χ1) is 9.01. The van der Waals surface area contributed by atoms with E-state index in [2.05, 4.69) is 39.8 Å². The molecule has 0 fully saturated rings. The second-order valence-corrected chi connectivity index (χ2v) is 6.05. The zero-order valence-electron chi connectivity index (χ0n) is 13.0. The first kappa shape index (κ1) is 15.9. The molecule has 0 aliphatic carbocycles. The van der Waals surface area contributed by atoms with Crippen LogP contribution < -0.4 is 0 Å². The number of carbonyl (C=O) groups is 1. The minimum absolute atomic E-state index is 0.197. The number of ketones is 1. The van der Waals surface area contributed by atoms with Crippen LogP contribution in [-0.4, -0.2) is 5.78 Å². The third-order valence-corrected chi connectivity index (χ3v) is 4.13. The van der Waals surface area contributed by atoms with Crippen molar-refractivity contribution in [2.75, 3.05) is 0 Å². The van der Waals surface area contributed by atoms with E-state index < -0.39 is 0 Å². The molecule has 1 nitrogen and oxygen atoms in total. The number of hydrogen-bond acceptors (Lipinski definition) is 1. The van der Waals surface area contributed by atoms with Gasteiger partial charge in [-0.15, -0.1) is 0 Å². The van der Waals surface area contributed by atoms with Crippen molar-refractivity contribution < 1.29 is 4.79 Å². The van der Waals surface area contributed by atoms with E-state index in [1.54, 1.807) is 0 Å². The second kappa shape index (κ2) is 7.47. The van der Waals surface area contributed by atoms with Gasteiger partial charge in [0.2, 0.25) is 0 Å². The molecule has 0 saturated heterocycles. The molecule has 0 amide bonds. The zero-order valence-corrected chi connectivity index (χ0v) is 13.0. The highest BCUT2D eigenvalue weighted by Gasteiger charge is 2.18. The maximum absolute atomic E-state index is 12.0. The first-order valence-electron chi connectivity index (χ1n) is 7.65. The Kier molecular flexibility index (Phi) is 6.27. The molecule has 1 rings (SSSR count). The summed E-state index contributed by atoms with van der Waals surface area (Å²) in [5.74, 6) is 0.289. The van der Waals surface area contributed by atoms with Gasteiger partial charge in [0.05, 0.1) is 0 Å². The van der Waals surface area contributed by atoms with Gasteiger partial charge in [-0.2, -0.15) is 0 Å². The summed E-state index contributed by atoms with van der Waals surface area (Å²) in [7, 11) is 0. The van der Waals surface area contributed by atoms with Gasteiger partial charge in [0.15, 0.2) is 5.78 Å². The third kappa shape index (κ3) is 4.81. The summed E-state index contributed by atoms with van der Waals surface area (Å²) in [6.07, 6.45) is 6.44. The fourth-order valence-electron chi connectivity index (χ4n) is 2.17. The largest absolute Gasteiger partial charge is 0.294 e. The standard InChI is InChI=1S/C18H28O/c1-5-7-8-9-10-17(19)15-11-13-16(14-12-15)18(3,4)6-2/h11-14H,5-10H2,1-4H3. The van der Waals surface area contributed by atoms with Crippen molar-refractivity contribution in [3.05, 3.63) is 35.4 Å². The van der Waals surface area contributed by atoms with Crippen molar-refractivity contribution in [3.63, 3.8) is 0 Å². The quantitative estimate of drug-likeness (QED) is 0.444. The third-order valence-electron chi connectivity index (χ3n) is 4.13. The van der Waals surface area contributed by atoms with Crippen molar-refractivity contribution in [3.8, 4) is 0 Å². The molecule has 0 unspecified atom stereocenters. The Labute approximate surface area is 118 Å². The fraction of sp³-hybridized carbons (Fsp3) is 0.611. The molecule has 106 valence electrons. The molecule has 0 aliphatic rings. The van der Waals surface area contributed by atoms with Gasteiger partial charge in [-0.05, 0) is 23.8 Å². The van der Waals surface area contributed by atoms with Crippen LogP contribution in [0.1, 0.15) is 82.1 Å².